The summed E-state index contributed by atoms with van der Waals surface area (Å²) in [7, 11) is 0. The predicted molar refractivity (Wildman–Crippen MR) is 123 cm³/mol. The number of unbranched alkanes of at least 4 members (excludes halogenated alkanes) is 1. The number of rotatable bonds is 6. The van der Waals surface area contributed by atoms with Gasteiger partial charge in [-0.2, -0.15) is 0 Å². The van der Waals surface area contributed by atoms with Crippen molar-refractivity contribution >= 4 is 28.8 Å². The highest BCUT2D eigenvalue weighted by molar-refractivity contribution is 6.00. The molecule has 3 aromatic rings. The van der Waals surface area contributed by atoms with Crippen LogP contribution in [0.4, 0.5) is 0 Å². The number of allylic oxidation sites excluding steroid dienone is 2. The lowest BCUT2D eigenvalue weighted by atomic mass is 9.93. The first-order chi connectivity index (χ1) is 14.1. The van der Waals surface area contributed by atoms with Crippen LogP contribution < -0.4 is 0 Å². The summed E-state index contributed by atoms with van der Waals surface area (Å²) in [6.07, 6.45) is 11.1. The fourth-order valence-corrected chi connectivity index (χ4v) is 4.34. The van der Waals surface area contributed by atoms with E-state index in [4.69, 9.17) is 0 Å². The van der Waals surface area contributed by atoms with Gasteiger partial charge >= 0.3 is 0 Å². The largest absolute Gasteiger partial charge is 0.341 e. The Bertz CT molecular complexity index is 1130. The van der Waals surface area contributed by atoms with Crippen LogP contribution in [0.1, 0.15) is 66.4 Å². The lowest BCUT2D eigenvalue weighted by Gasteiger charge is -2.14. The van der Waals surface area contributed by atoms with Gasteiger partial charge in [0.25, 0.3) is 0 Å². The molecule has 1 aliphatic rings. The Labute approximate surface area is 173 Å². The number of aryl methyl sites for hydroxylation is 2. The van der Waals surface area contributed by atoms with Crippen LogP contribution in [0.25, 0.3) is 23.1 Å². The molecule has 1 aliphatic carbocycles. The number of ketones is 1. The van der Waals surface area contributed by atoms with E-state index in [1.54, 1.807) is 6.92 Å². The smallest absolute Gasteiger partial charge is 0.159 e. The average Bonchev–Trinajstić information content (AvgIpc) is 3.05. The molecule has 0 saturated heterocycles. The highest BCUT2D eigenvalue weighted by atomic mass is 16.1. The molecule has 148 valence electrons. The number of hydrogen-bond acceptors (Lipinski definition) is 1. The van der Waals surface area contributed by atoms with Crippen molar-refractivity contribution in [2.24, 2.45) is 0 Å². The van der Waals surface area contributed by atoms with Gasteiger partial charge in [-0.05, 0) is 66.3 Å². The molecule has 0 saturated carbocycles. The second-order valence-electron chi connectivity index (χ2n) is 7.94. The highest BCUT2D eigenvalue weighted by Crippen LogP contribution is 2.34. The molecule has 0 radical (unpaired) electrons. The standard InChI is InChI=1S/C27H29NO/c1-4-6-15-28-26-13-11-20(16-23-10-8-7-9-21(23)5-2)17-24(26)25-18-22(19(3)29)12-14-27(25)28/h7-14,16,18H,4-6,15,17H2,1-3H3. The minimum atomic E-state index is 0.126. The summed E-state index contributed by atoms with van der Waals surface area (Å²) in [5.74, 6) is 0.126. The van der Waals surface area contributed by atoms with Gasteiger partial charge in [-0.1, -0.05) is 56.7 Å². The van der Waals surface area contributed by atoms with E-state index in [-0.39, 0.29) is 5.78 Å². The number of aromatic nitrogens is 1. The second-order valence-corrected chi connectivity index (χ2v) is 7.94. The van der Waals surface area contributed by atoms with Gasteiger partial charge in [-0.3, -0.25) is 4.79 Å². The van der Waals surface area contributed by atoms with Gasteiger partial charge in [0.15, 0.2) is 5.78 Å². The summed E-state index contributed by atoms with van der Waals surface area (Å²) >= 11 is 0. The second kappa shape index (κ2) is 8.24. The average molecular weight is 384 g/mol. The first-order valence-corrected chi connectivity index (χ1v) is 10.7. The third-order valence-electron chi connectivity index (χ3n) is 5.97. The molecule has 2 heteroatoms. The first kappa shape index (κ1) is 19.4. The Morgan fingerprint density at radius 1 is 1.10 bits per heavy atom. The van der Waals surface area contributed by atoms with E-state index < -0.39 is 0 Å². The number of carbonyl (C=O) groups is 1. The molecule has 2 aromatic carbocycles. The van der Waals surface area contributed by atoms with Crippen molar-refractivity contribution in [3.05, 3.63) is 82.1 Å². The van der Waals surface area contributed by atoms with Crippen LogP contribution in [0.3, 0.4) is 0 Å². The molecule has 0 spiro atoms. The van der Waals surface area contributed by atoms with Crippen LogP contribution in [0.5, 0.6) is 0 Å². The number of hydrogen-bond donors (Lipinski definition) is 0. The molecule has 0 unspecified atom stereocenters. The summed E-state index contributed by atoms with van der Waals surface area (Å²) in [6.45, 7) is 7.10. The Hall–Kier alpha value is -2.87. The third-order valence-corrected chi connectivity index (χ3v) is 5.97. The summed E-state index contributed by atoms with van der Waals surface area (Å²) < 4.78 is 2.44. The van der Waals surface area contributed by atoms with Crippen LogP contribution in [0.15, 0.2) is 54.1 Å². The monoisotopic (exact) mass is 383 g/mol. The SMILES string of the molecule is CCCCn1c2c(c3cc(C(C)=O)ccc31)CC(=Cc1ccccc1CC)C=C2. The fourth-order valence-electron chi connectivity index (χ4n) is 4.34. The minimum Gasteiger partial charge on any atom is -0.341 e. The van der Waals surface area contributed by atoms with Gasteiger partial charge in [0.2, 0.25) is 0 Å². The van der Waals surface area contributed by atoms with E-state index in [0.717, 1.165) is 31.4 Å². The Morgan fingerprint density at radius 3 is 2.69 bits per heavy atom. The summed E-state index contributed by atoms with van der Waals surface area (Å²) in [5.41, 5.74) is 8.69. The van der Waals surface area contributed by atoms with E-state index >= 15 is 0 Å². The number of nitrogens with zero attached hydrogens (tertiary/aromatic N) is 1. The molecule has 0 fully saturated rings. The molecule has 0 N–H and O–H groups in total. The zero-order valence-corrected chi connectivity index (χ0v) is 17.7. The van der Waals surface area contributed by atoms with Gasteiger partial charge in [0.1, 0.15) is 0 Å². The lowest BCUT2D eigenvalue weighted by Crippen LogP contribution is -2.04. The van der Waals surface area contributed by atoms with Crippen molar-refractivity contribution in [3.8, 4) is 0 Å². The number of carbonyl (C=O) groups excluding carboxylic acids is 1. The molecule has 0 amide bonds. The molecule has 29 heavy (non-hydrogen) atoms. The topological polar surface area (TPSA) is 22.0 Å². The van der Waals surface area contributed by atoms with Gasteiger partial charge in [0.05, 0.1) is 0 Å². The molecule has 0 bridgehead atoms. The summed E-state index contributed by atoms with van der Waals surface area (Å²) in [5, 5.41) is 1.22. The molecule has 0 aliphatic heterocycles. The van der Waals surface area contributed by atoms with Crippen molar-refractivity contribution in [1.29, 1.82) is 0 Å². The summed E-state index contributed by atoms with van der Waals surface area (Å²) in [6, 6.07) is 14.8. The maximum absolute atomic E-state index is 12.0. The minimum absolute atomic E-state index is 0.126. The molecular formula is C27H29NO. The van der Waals surface area contributed by atoms with Crippen LogP contribution in [0.2, 0.25) is 0 Å². The molecule has 4 rings (SSSR count). The van der Waals surface area contributed by atoms with Crippen LogP contribution >= 0.6 is 0 Å². The van der Waals surface area contributed by atoms with Gasteiger partial charge in [-0.15, -0.1) is 0 Å². The van der Waals surface area contributed by atoms with Gasteiger partial charge in [0, 0.05) is 35.1 Å². The van der Waals surface area contributed by atoms with Crippen molar-refractivity contribution in [3.63, 3.8) is 0 Å². The van der Waals surface area contributed by atoms with E-state index in [2.05, 4.69) is 73.0 Å². The molecular weight excluding hydrogens is 354 g/mol. The van der Waals surface area contributed by atoms with E-state index in [0.29, 0.717) is 0 Å². The maximum atomic E-state index is 12.0. The van der Waals surface area contributed by atoms with Crippen LogP contribution in [-0.2, 0) is 19.4 Å². The Morgan fingerprint density at radius 2 is 1.93 bits per heavy atom. The number of Topliss-reactive ketones (excluding diaryl/α,β-unsaturated/α-hetero) is 1. The maximum Gasteiger partial charge on any atom is 0.159 e. The zero-order valence-electron chi connectivity index (χ0n) is 17.7. The van der Waals surface area contributed by atoms with Crippen LogP contribution in [0, 0.1) is 0 Å². The van der Waals surface area contributed by atoms with Crippen molar-refractivity contribution in [2.75, 3.05) is 0 Å². The Balaban J connectivity index is 1.82. The van der Waals surface area contributed by atoms with Crippen molar-refractivity contribution < 1.29 is 4.79 Å². The van der Waals surface area contributed by atoms with Crippen molar-refractivity contribution in [1.82, 2.24) is 4.57 Å². The lowest BCUT2D eigenvalue weighted by molar-refractivity contribution is 0.101. The van der Waals surface area contributed by atoms with E-state index in [1.807, 2.05) is 6.07 Å². The van der Waals surface area contributed by atoms with E-state index in [9.17, 15) is 4.79 Å². The van der Waals surface area contributed by atoms with Crippen molar-refractivity contribution in [2.45, 2.75) is 53.0 Å². The van der Waals surface area contributed by atoms with Gasteiger partial charge < -0.3 is 4.57 Å². The Kier molecular flexibility index (Phi) is 5.53. The van der Waals surface area contributed by atoms with Gasteiger partial charge in [-0.25, -0.2) is 0 Å². The summed E-state index contributed by atoms with van der Waals surface area (Å²) in [4.78, 5) is 12.0. The third kappa shape index (κ3) is 3.72. The number of benzene rings is 2. The molecule has 2 nitrogen and oxygen atoms in total. The highest BCUT2D eigenvalue weighted by Gasteiger charge is 2.20. The van der Waals surface area contributed by atoms with Crippen LogP contribution in [-0.4, -0.2) is 10.4 Å². The zero-order chi connectivity index (χ0) is 20.4. The predicted octanol–water partition coefficient (Wildman–Crippen LogP) is 6.86. The molecule has 1 aromatic heterocycles. The fraction of sp³-hybridized carbons (Fsp3) is 0.296. The quantitative estimate of drug-likeness (QED) is 0.426. The number of fused-ring (bicyclic) bond motifs is 3. The normalized spacial score (nSPS) is 14.5. The first-order valence-electron chi connectivity index (χ1n) is 10.7. The molecule has 0 atom stereocenters. The molecule has 1 heterocycles. The van der Waals surface area contributed by atoms with E-state index in [1.165, 1.54) is 45.3 Å².